The number of amides is 1. The Hall–Kier alpha value is -1.75. The molecule has 0 radical (unpaired) electrons. The molecule has 0 saturated carbocycles. The number of nitrogens with two attached hydrogens (primary N) is 1. The van der Waals surface area contributed by atoms with Crippen molar-refractivity contribution in [2.24, 2.45) is 5.73 Å². The van der Waals surface area contributed by atoms with Crippen LogP contribution in [0.2, 0.25) is 0 Å². The fourth-order valence-electron chi connectivity index (χ4n) is 2.26. The molecular formula is C14H20N2O3. The molecule has 1 fully saturated rings. The van der Waals surface area contributed by atoms with Gasteiger partial charge >= 0.3 is 0 Å². The average molecular weight is 264 g/mol. The Morgan fingerprint density at radius 3 is 2.79 bits per heavy atom. The van der Waals surface area contributed by atoms with E-state index in [-0.39, 0.29) is 11.9 Å². The highest BCUT2D eigenvalue weighted by molar-refractivity contribution is 5.77. The van der Waals surface area contributed by atoms with Crippen molar-refractivity contribution < 1.29 is 14.3 Å². The molecule has 19 heavy (non-hydrogen) atoms. The molecule has 1 heterocycles. The number of likely N-dealkylation sites (tertiary alicyclic amines) is 1. The summed E-state index contributed by atoms with van der Waals surface area (Å²) >= 11 is 0. The van der Waals surface area contributed by atoms with Crippen molar-refractivity contribution in [2.45, 2.75) is 25.4 Å². The molecular weight excluding hydrogens is 244 g/mol. The fourth-order valence-corrected chi connectivity index (χ4v) is 2.26. The van der Waals surface area contributed by atoms with Crippen molar-refractivity contribution in [1.82, 2.24) is 4.90 Å². The van der Waals surface area contributed by atoms with Crippen LogP contribution in [-0.4, -0.2) is 37.6 Å². The van der Waals surface area contributed by atoms with E-state index in [1.807, 2.05) is 23.1 Å². The first-order valence-corrected chi connectivity index (χ1v) is 6.38. The lowest BCUT2D eigenvalue weighted by atomic mass is 10.0. The molecule has 2 N–H and O–H groups in total. The maximum absolute atomic E-state index is 11.9. The molecule has 1 aromatic carbocycles. The molecule has 1 aliphatic heterocycles. The minimum atomic E-state index is 0.00140. The van der Waals surface area contributed by atoms with Crippen molar-refractivity contribution in [2.75, 3.05) is 20.8 Å². The maximum atomic E-state index is 11.9. The zero-order valence-electron chi connectivity index (χ0n) is 11.4. The van der Waals surface area contributed by atoms with Crippen LogP contribution in [0.4, 0.5) is 0 Å². The number of hydrogen-bond acceptors (Lipinski definition) is 4. The van der Waals surface area contributed by atoms with Gasteiger partial charge in [-0.05, 0) is 18.6 Å². The minimum Gasteiger partial charge on any atom is -0.497 e. The van der Waals surface area contributed by atoms with Crippen LogP contribution in [0.5, 0.6) is 11.5 Å². The van der Waals surface area contributed by atoms with Gasteiger partial charge in [-0.2, -0.15) is 0 Å². The molecule has 5 heteroatoms. The molecule has 1 saturated heterocycles. The number of benzene rings is 1. The summed E-state index contributed by atoms with van der Waals surface area (Å²) in [5.41, 5.74) is 6.76. The van der Waals surface area contributed by atoms with E-state index in [1.54, 1.807) is 14.2 Å². The Balaban J connectivity index is 2.12. The third kappa shape index (κ3) is 3.17. The molecule has 0 aromatic heterocycles. The van der Waals surface area contributed by atoms with E-state index >= 15 is 0 Å². The Bertz CT molecular complexity index is 462. The molecule has 2 rings (SSSR count). The van der Waals surface area contributed by atoms with E-state index in [4.69, 9.17) is 15.2 Å². The minimum absolute atomic E-state index is 0.00140. The Kier molecular flexibility index (Phi) is 4.27. The average Bonchev–Trinajstić information content (AvgIpc) is 2.42. The summed E-state index contributed by atoms with van der Waals surface area (Å²) < 4.78 is 10.5. The van der Waals surface area contributed by atoms with Crippen molar-refractivity contribution in [3.05, 3.63) is 23.8 Å². The summed E-state index contributed by atoms with van der Waals surface area (Å²) in [6.45, 7) is 1.26. The molecule has 0 bridgehead atoms. The second-order valence-electron chi connectivity index (χ2n) is 4.75. The lowest BCUT2D eigenvalue weighted by Gasteiger charge is -2.30. The third-order valence-electron chi connectivity index (χ3n) is 3.41. The van der Waals surface area contributed by atoms with Gasteiger partial charge in [0.2, 0.25) is 5.91 Å². The maximum Gasteiger partial charge on any atom is 0.224 e. The number of piperidine rings is 1. The first kappa shape index (κ1) is 13.7. The zero-order valence-corrected chi connectivity index (χ0v) is 11.4. The quantitative estimate of drug-likeness (QED) is 0.886. The normalized spacial score (nSPS) is 19.4. The summed E-state index contributed by atoms with van der Waals surface area (Å²) in [6, 6.07) is 5.63. The van der Waals surface area contributed by atoms with Crippen molar-refractivity contribution in [3.8, 4) is 11.5 Å². The lowest BCUT2D eigenvalue weighted by Crippen LogP contribution is -2.43. The Labute approximate surface area is 113 Å². The van der Waals surface area contributed by atoms with Gasteiger partial charge < -0.3 is 20.1 Å². The van der Waals surface area contributed by atoms with E-state index in [0.717, 1.165) is 23.5 Å². The van der Waals surface area contributed by atoms with Crippen molar-refractivity contribution in [3.63, 3.8) is 0 Å². The highest BCUT2D eigenvalue weighted by Gasteiger charge is 2.24. The molecule has 1 aromatic rings. The number of hydrogen-bond donors (Lipinski definition) is 1. The van der Waals surface area contributed by atoms with Gasteiger partial charge in [0.25, 0.3) is 0 Å². The van der Waals surface area contributed by atoms with Gasteiger partial charge in [-0.25, -0.2) is 0 Å². The number of ether oxygens (including phenoxy) is 2. The summed E-state index contributed by atoms with van der Waals surface area (Å²) in [7, 11) is 3.23. The van der Waals surface area contributed by atoms with E-state index in [2.05, 4.69) is 0 Å². The molecule has 1 aliphatic rings. The predicted molar refractivity (Wildman–Crippen MR) is 72.2 cm³/mol. The molecule has 0 aliphatic carbocycles. The number of carbonyl (C=O) groups is 1. The van der Waals surface area contributed by atoms with Crippen LogP contribution in [-0.2, 0) is 11.3 Å². The van der Waals surface area contributed by atoms with Gasteiger partial charge in [0.15, 0.2) is 0 Å². The van der Waals surface area contributed by atoms with Crippen molar-refractivity contribution in [1.29, 1.82) is 0 Å². The number of methoxy groups -OCH3 is 2. The molecule has 1 atom stereocenters. The third-order valence-corrected chi connectivity index (χ3v) is 3.41. The topological polar surface area (TPSA) is 64.8 Å². The van der Waals surface area contributed by atoms with Gasteiger partial charge in [-0.1, -0.05) is 0 Å². The van der Waals surface area contributed by atoms with Gasteiger partial charge in [-0.15, -0.1) is 0 Å². The van der Waals surface area contributed by atoms with Crippen LogP contribution in [0.1, 0.15) is 18.4 Å². The Morgan fingerprint density at radius 1 is 1.37 bits per heavy atom. The van der Waals surface area contributed by atoms with E-state index in [0.29, 0.717) is 19.5 Å². The summed E-state index contributed by atoms with van der Waals surface area (Å²) in [6.07, 6.45) is 1.28. The number of nitrogens with zero attached hydrogens (tertiary/aromatic N) is 1. The lowest BCUT2D eigenvalue weighted by molar-refractivity contribution is -0.134. The summed E-state index contributed by atoms with van der Waals surface area (Å²) in [4.78, 5) is 13.7. The van der Waals surface area contributed by atoms with Gasteiger partial charge in [0, 0.05) is 37.2 Å². The first-order chi connectivity index (χ1) is 9.13. The standard InChI is InChI=1S/C14H20N2O3/c1-18-12-4-3-10(13(8-12)19-2)9-16-6-5-11(15)7-14(16)17/h3-4,8,11H,5-7,9,15H2,1-2H3. The number of rotatable bonds is 4. The van der Waals surface area contributed by atoms with Gasteiger partial charge in [-0.3, -0.25) is 4.79 Å². The van der Waals surface area contributed by atoms with E-state index in [9.17, 15) is 4.79 Å². The van der Waals surface area contributed by atoms with Crippen LogP contribution in [0, 0.1) is 0 Å². The second kappa shape index (κ2) is 5.93. The van der Waals surface area contributed by atoms with Crippen LogP contribution < -0.4 is 15.2 Å². The summed E-state index contributed by atoms with van der Waals surface area (Å²) in [5.74, 6) is 1.59. The molecule has 1 unspecified atom stereocenters. The van der Waals surface area contributed by atoms with Crippen molar-refractivity contribution >= 4 is 5.91 Å². The highest BCUT2D eigenvalue weighted by atomic mass is 16.5. The largest absolute Gasteiger partial charge is 0.497 e. The Morgan fingerprint density at radius 2 is 2.16 bits per heavy atom. The molecule has 1 amide bonds. The SMILES string of the molecule is COc1ccc(CN2CCC(N)CC2=O)c(OC)c1. The van der Waals surface area contributed by atoms with Crippen LogP contribution in [0.25, 0.3) is 0 Å². The van der Waals surface area contributed by atoms with E-state index < -0.39 is 0 Å². The smallest absolute Gasteiger partial charge is 0.224 e. The molecule has 104 valence electrons. The van der Waals surface area contributed by atoms with Crippen LogP contribution >= 0.6 is 0 Å². The highest BCUT2D eigenvalue weighted by Crippen LogP contribution is 2.26. The zero-order chi connectivity index (χ0) is 13.8. The van der Waals surface area contributed by atoms with Crippen LogP contribution in [0.3, 0.4) is 0 Å². The second-order valence-corrected chi connectivity index (χ2v) is 4.75. The predicted octanol–water partition coefficient (Wildman–Crippen LogP) is 1.15. The van der Waals surface area contributed by atoms with Crippen LogP contribution in [0.15, 0.2) is 18.2 Å². The molecule has 0 spiro atoms. The van der Waals surface area contributed by atoms with Gasteiger partial charge in [0.1, 0.15) is 11.5 Å². The first-order valence-electron chi connectivity index (χ1n) is 6.38. The monoisotopic (exact) mass is 264 g/mol. The molecule has 5 nitrogen and oxygen atoms in total. The summed E-state index contributed by atoms with van der Waals surface area (Å²) in [5, 5.41) is 0. The fraction of sp³-hybridized carbons (Fsp3) is 0.500. The van der Waals surface area contributed by atoms with E-state index in [1.165, 1.54) is 0 Å². The number of carbonyl (C=O) groups excluding carboxylic acids is 1. The van der Waals surface area contributed by atoms with Gasteiger partial charge in [0.05, 0.1) is 14.2 Å².